The Bertz CT molecular complexity index is 612. The van der Waals surface area contributed by atoms with Crippen molar-refractivity contribution < 1.29 is 18.8 Å². The standard InChI is InChI=1S/C16H21FN2O3S/c1-10(20)11-5-6-13(12(17)7-11)23-9-15(22)18-8-14(21)19-16(2,3)4/h5-7H,8-9H2,1-4H3,(H,18,22)(H,19,21). The summed E-state index contributed by atoms with van der Waals surface area (Å²) in [6, 6.07) is 4.14. The average Bonchev–Trinajstić information content (AvgIpc) is 2.41. The van der Waals surface area contributed by atoms with E-state index in [4.69, 9.17) is 0 Å². The molecule has 1 aromatic carbocycles. The van der Waals surface area contributed by atoms with Crippen LogP contribution in [0.1, 0.15) is 38.1 Å². The summed E-state index contributed by atoms with van der Waals surface area (Å²) in [4.78, 5) is 34.7. The van der Waals surface area contributed by atoms with E-state index in [2.05, 4.69) is 10.6 Å². The van der Waals surface area contributed by atoms with Crippen molar-refractivity contribution in [3.05, 3.63) is 29.6 Å². The van der Waals surface area contributed by atoms with Gasteiger partial charge in [-0.2, -0.15) is 0 Å². The molecule has 7 heteroatoms. The second-order valence-corrected chi connectivity index (χ2v) is 7.08. The van der Waals surface area contributed by atoms with Crippen molar-refractivity contribution in [1.29, 1.82) is 0 Å². The van der Waals surface area contributed by atoms with Crippen LogP contribution in [-0.4, -0.2) is 35.4 Å². The Morgan fingerprint density at radius 3 is 2.35 bits per heavy atom. The number of hydrogen-bond acceptors (Lipinski definition) is 4. The largest absolute Gasteiger partial charge is 0.350 e. The smallest absolute Gasteiger partial charge is 0.239 e. The van der Waals surface area contributed by atoms with E-state index >= 15 is 0 Å². The summed E-state index contributed by atoms with van der Waals surface area (Å²) in [7, 11) is 0. The molecule has 2 amide bonds. The fourth-order valence-corrected chi connectivity index (χ4v) is 2.42. The van der Waals surface area contributed by atoms with Gasteiger partial charge in [0, 0.05) is 16.0 Å². The molecule has 1 rings (SSSR count). The molecule has 0 heterocycles. The molecule has 1 aromatic rings. The van der Waals surface area contributed by atoms with Gasteiger partial charge in [-0.1, -0.05) is 6.07 Å². The van der Waals surface area contributed by atoms with Crippen LogP contribution < -0.4 is 10.6 Å². The molecule has 0 aromatic heterocycles. The molecule has 2 N–H and O–H groups in total. The number of benzene rings is 1. The first-order valence-corrected chi connectivity index (χ1v) is 8.08. The molecule has 0 fully saturated rings. The summed E-state index contributed by atoms with van der Waals surface area (Å²) >= 11 is 1.01. The number of Topliss-reactive ketones (excluding diaryl/α,β-unsaturated/α-hetero) is 1. The molecule has 0 spiro atoms. The first kappa shape index (κ1) is 19.2. The summed E-state index contributed by atoms with van der Waals surface area (Å²) in [6.45, 7) is 6.77. The Morgan fingerprint density at radius 1 is 1.17 bits per heavy atom. The predicted molar refractivity (Wildman–Crippen MR) is 88.0 cm³/mol. The number of nitrogens with one attached hydrogen (secondary N) is 2. The number of carbonyl (C=O) groups is 3. The minimum atomic E-state index is -0.541. The molecular formula is C16H21FN2O3S. The molecule has 0 unspecified atom stereocenters. The zero-order valence-corrected chi connectivity index (χ0v) is 14.5. The fraction of sp³-hybridized carbons (Fsp3) is 0.438. The van der Waals surface area contributed by atoms with E-state index in [1.54, 1.807) is 0 Å². The lowest BCUT2D eigenvalue weighted by atomic mass is 10.1. The Hall–Kier alpha value is -1.89. The molecule has 0 bridgehead atoms. The van der Waals surface area contributed by atoms with Gasteiger partial charge in [-0.15, -0.1) is 11.8 Å². The zero-order valence-electron chi connectivity index (χ0n) is 13.7. The first-order valence-electron chi connectivity index (χ1n) is 7.09. The van der Waals surface area contributed by atoms with Gasteiger partial charge in [-0.25, -0.2) is 4.39 Å². The second-order valence-electron chi connectivity index (χ2n) is 6.06. The molecule has 126 valence electrons. The van der Waals surface area contributed by atoms with Crippen LogP contribution in [0.2, 0.25) is 0 Å². The Morgan fingerprint density at radius 2 is 1.83 bits per heavy atom. The number of amides is 2. The van der Waals surface area contributed by atoms with Crippen LogP contribution in [0.3, 0.4) is 0 Å². The van der Waals surface area contributed by atoms with E-state index in [0.29, 0.717) is 0 Å². The molecule has 0 saturated carbocycles. The molecule has 0 atom stereocenters. The van der Waals surface area contributed by atoms with Crippen molar-refractivity contribution in [1.82, 2.24) is 10.6 Å². The molecule has 0 radical (unpaired) electrons. The lowest BCUT2D eigenvalue weighted by molar-refractivity contribution is -0.125. The average molecular weight is 340 g/mol. The third-order valence-corrected chi connectivity index (χ3v) is 3.71. The number of hydrogen-bond donors (Lipinski definition) is 2. The van der Waals surface area contributed by atoms with Crippen LogP contribution in [0.5, 0.6) is 0 Å². The minimum absolute atomic E-state index is 0.0147. The van der Waals surface area contributed by atoms with Crippen LogP contribution in [-0.2, 0) is 9.59 Å². The summed E-state index contributed by atoms with van der Waals surface area (Å²) in [5.41, 5.74) is -0.0758. The molecule has 0 saturated heterocycles. The molecular weight excluding hydrogens is 319 g/mol. The van der Waals surface area contributed by atoms with E-state index < -0.39 is 5.82 Å². The monoisotopic (exact) mass is 340 g/mol. The number of halogens is 1. The number of carbonyl (C=O) groups excluding carboxylic acids is 3. The highest BCUT2D eigenvalue weighted by Crippen LogP contribution is 2.22. The minimum Gasteiger partial charge on any atom is -0.350 e. The van der Waals surface area contributed by atoms with Crippen molar-refractivity contribution in [2.75, 3.05) is 12.3 Å². The van der Waals surface area contributed by atoms with Gasteiger partial charge >= 0.3 is 0 Å². The maximum Gasteiger partial charge on any atom is 0.239 e. The first-order chi connectivity index (χ1) is 10.6. The van der Waals surface area contributed by atoms with Crippen molar-refractivity contribution in [2.45, 2.75) is 38.1 Å². The highest BCUT2D eigenvalue weighted by Gasteiger charge is 2.14. The van der Waals surface area contributed by atoms with Crippen molar-refractivity contribution in [2.24, 2.45) is 0 Å². The second kappa shape index (κ2) is 8.10. The van der Waals surface area contributed by atoms with Crippen molar-refractivity contribution in [3.8, 4) is 0 Å². The zero-order chi connectivity index (χ0) is 17.6. The van der Waals surface area contributed by atoms with E-state index in [1.807, 2.05) is 20.8 Å². The van der Waals surface area contributed by atoms with E-state index in [9.17, 15) is 18.8 Å². The van der Waals surface area contributed by atoms with Crippen LogP contribution in [0.15, 0.2) is 23.1 Å². The van der Waals surface area contributed by atoms with Crippen LogP contribution >= 0.6 is 11.8 Å². The summed E-state index contributed by atoms with van der Waals surface area (Å²) in [5.74, 6) is -1.43. The van der Waals surface area contributed by atoms with E-state index in [1.165, 1.54) is 19.1 Å². The quantitative estimate of drug-likeness (QED) is 0.615. The van der Waals surface area contributed by atoms with E-state index in [0.717, 1.165) is 17.8 Å². The lowest BCUT2D eigenvalue weighted by Crippen LogP contribution is -2.46. The third-order valence-electron chi connectivity index (χ3n) is 2.66. The summed E-state index contributed by atoms with van der Waals surface area (Å²) < 4.78 is 13.8. The number of ketones is 1. The Kier molecular flexibility index (Phi) is 6.75. The van der Waals surface area contributed by atoms with Gasteiger partial charge in [0.15, 0.2) is 5.78 Å². The normalized spacial score (nSPS) is 11.0. The maximum atomic E-state index is 13.8. The summed E-state index contributed by atoms with van der Waals surface area (Å²) in [6.07, 6.45) is 0. The molecule has 5 nitrogen and oxygen atoms in total. The van der Waals surface area contributed by atoms with Crippen molar-refractivity contribution >= 4 is 29.4 Å². The van der Waals surface area contributed by atoms with Crippen molar-refractivity contribution in [3.63, 3.8) is 0 Å². The van der Waals surface area contributed by atoms with Gasteiger partial charge < -0.3 is 10.6 Å². The Labute approximate surface area is 139 Å². The van der Waals surface area contributed by atoms with Gasteiger partial charge in [0.1, 0.15) is 5.82 Å². The SMILES string of the molecule is CC(=O)c1ccc(SCC(=O)NCC(=O)NC(C)(C)C)c(F)c1. The predicted octanol–water partition coefficient (Wildman–Crippen LogP) is 2.15. The maximum absolute atomic E-state index is 13.8. The highest BCUT2D eigenvalue weighted by atomic mass is 32.2. The van der Waals surface area contributed by atoms with E-state index in [-0.39, 0.29) is 45.9 Å². The van der Waals surface area contributed by atoms with Crippen LogP contribution in [0.4, 0.5) is 4.39 Å². The molecule has 23 heavy (non-hydrogen) atoms. The Balaban J connectivity index is 2.45. The summed E-state index contributed by atoms with van der Waals surface area (Å²) in [5, 5.41) is 5.20. The molecule has 0 aliphatic carbocycles. The van der Waals surface area contributed by atoms with Gasteiger partial charge in [0.25, 0.3) is 0 Å². The number of thioether (sulfide) groups is 1. The lowest BCUT2D eigenvalue weighted by Gasteiger charge is -2.20. The fourth-order valence-electron chi connectivity index (χ4n) is 1.67. The van der Waals surface area contributed by atoms with Gasteiger partial charge in [0.2, 0.25) is 11.8 Å². The van der Waals surface area contributed by atoms with Crippen LogP contribution in [0.25, 0.3) is 0 Å². The van der Waals surface area contributed by atoms with Crippen LogP contribution in [0, 0.1) is 5.82 Å². The number of rotatable bonds is 6. The molecule has 0 aliphatic heterocycles. The van der Waals surface area contributed by atoms with Gasteiger partial charge in [-0.05, 0) is 39.8 Å². The molecule has 0 aliphatic rings. The highest BCUT2D eigenvalue weighted by molar-refractivity contribution is 8.00. The topological polar surface area (TPSA) is 75.3 Å². The van der Waals surface area contributed by atoms with Gasteiger partial charge in [0.05, 0.1) is 12.3 Å². The van der Waals surface area contributed by atoms with Gasteiger partial charge in [-0.3, -0.25) is 14.4 Å². The third kappa shape index (κ3) is 7.27.